The Morgan fingerprint density at radius 1 is 0.960 bits per heavy atom. The molecular weight excluding hydrogens is 316 g/mol. The highest BCUT2D eigenvalue weighted by Crippen LogP contribution is 2.24. The average molecular weight is 330 g/mol. The molecule has 5 rings (SSSR count). The van der Waals surface area contributed by atoms with E-state index < -0.39 is 0 Å². The van der Waals surface area contributed by atoms with Gasteiger partial charge in [-0.25, -0.2) is 4.52 Å². The van der Waals surface area contributed by atoms with Crippen LogP contribution in [-0.4, -0.2) is 25.5 Å². The lowest BCUT2D eigenvalue weighted by Crippen LogP contribution is -2.19. The Balaban J connectivity index is 1.58. The molecule has 3 heterocycles. The summed E-state index contributed by atoms with van der Waals surface area (Å²) in [5.41, 5.74) is 5.63. The molecule has 0 fully saturated rings. The number of aromatic nitrogens is 4. The van der Waals surface area contributed by atoms with E-state index in [1.54, 1.807) is 10.6 Å². The SMILES string of the molecule is O=c1[nH]n2c(C3CC(c4ccccc4)=NN3)nnc2c2ccccc12. The monoisotopic (exact) mass is 330 g/mol. The van der Waals surface area contributed by atoms with E-state index in [-0.39, 0.29) is 11.6 Å². The number of nitrogens with zero attached hydrogens (tertiary/aromatic N) is 4. The number of benzene rings is 2. The first-order valence-electron chi connectivity index (χ1n) is 8.05. The van der Waals surface area contributed by atoms with Gasteiger partial charge in [0.1, 0.15) is 6.04 Å². The van der Waals surface area contributed by atoms with Gasteiger partial charge in [-0.05, 0) is 11.6 Å². The molecule has 1 atom stereocenters. The van der Waals surface area contributed by atoms with E-state index >= 15 is 0 Å². The van der Waals surface area contributed by atoms with Crippen LogP contribution in [0, 0.1) is 0 Å². The molecular formula is C18H14N6O. The van der Waals surface area contributed by atoms with Gasteiger partial charge in [-0.15, -0.1) is 10.2 Å². The summed E-state index contributed by atoms with van der Waals surface area (Å²) in [7, 11) is 0. The van der Waals surface area contributed by atoms with Gasteiger partial charge in [0.2, 0.25) is 0 Å². The predicted octanol–water partition coefficient (Wildman–Crippen LogP) is 2.01. The average Bonchev–Trinajstić information content (AvgIpc) is 3.29. The molecule has 0 amide bonds. The van der Waals surface area contributed by atoms with Crippen LogP contribution in [0.4, 0.5) is 0 Å². The van der Waals surface area contributed by atoms with Gasteiger partial charge < -0.3 is 0 Å². The second-order valence-electron chi connectivity index (χ2n) is 6.01. The van der Waals surface area contributed by atoms with Gasteiger partial charge in [-0.3, -0.25) is 15.3 Å². The van der Waals surface area contributed by atoms with Crippen molar-refractivity contribution in [1.29, 1.82) is 0 Å². The summed E-state index contributed by atoms with van der Waals surface area (Å²) in [5.74, 6) is 0.646. The summed E-state index contributed by atoms with van der Waals surface area (Å²) in [6, 6.07) is 17.3. The Kier molecular flexibility index (Phi) is 2.93. The molecule has 122 valence electrons. The third-order valence-corrected chi connectivity index (χ3v) is 4.49. The molecule has 0 bridgehead atoms. The van der Waals surface area contributed by atoms with E-state index in [1.165, 1.54) is 0 Å². The molecule has 2 aromatic heterocycles. The number of fused-ring (bicyclic) bond motifs is 3. The fraction of sp³-hybridized carbons (Fsp3) is 0.111. The van der Waals surface area contributed by atoms with Gasteiger partial charge in [0.05, 0.1) is 11.1 Å². The van der Waals surface area contributed by atoms with Crippen molar-refractivity contribution in [3.05, 3.63) is 76.3 Å². The maximum atomic E-state index is 12.4. The summed E-state index contributed by atoms with van der Waals surface area (Å²) in [5, 5.41) is 17.3. The third-order valence-electron chi connectivity index (χ3n) is 4.49. The van der Waals surface area contributed by atoms with Crippen LogP contribution in [0.3, 0.4) is 0 Å². The fourth-order valence-corrected chi connectivity index (χ4v) is 3.25. The zero-order valence-electron chi connectivity index (χ0n) is 13.2. The summed E-state index contributed by atoms with van der Waals surface area (Å²) in [4.78, 5) is 12.4. The first kappa shape index (κ1) is 13.9. The Bertz CT molecular complexity index is 1170. The lowest BCUT2D eigenvalue weighted by atomic mass is 10.0. The Hall–Kier alpha value is -3.48. The van der Waals surface area contributed by atoms with Crippen LogP contribution in [0.5, 0.6) is 0 Å². The second-order valence-corrected chi connectivity index (χ2v) is 6.01. The van der Waals surface area contributed by atoms with Crippen molar-refractivity contribution in [2.45, 2.75) is 12.5 Å². The molecule has 4 aromatic rings. The van der Waals surface area contributed by atoms with Crippen LogP contribution < -0.4 is 11.0 Å². The lowest BCUT2D eigenvalue weighted by molar-refractivity contribution is 0.564. The van der Waals surface area contributed by atoms with Crippen molar-refractivity contribution < 1.29 is 0 Å². The van der Waals surface area contributed by atoms with E-state index in [0.717, 1.165) is 16.7 Å². The standard InChI is InChI=1S/C18H14N6O/c25-18-13-9-5-4-8-12(13)16-21-22-17(24(16)23-18)15-10-14(19-20-15)11-6-2-1-3-7-11/h1-9,15,20H,10H2,(H,23,25). The fourth-order valence-electron chi connectivity index (χ4n) is 3.25. The summed E-state index contributed by atoms with van der Waals surface area (Å²) in [6.45, 7) is 0. The van der Waals surface area contributed by atoms with Gasteiger partial charge in [0.25, 0.3) is 5.56 Å². The number of hydrazone groups is 1. The maximum Gasteiger partial charge on any atom is 0.270 e. The van der Waals surface area contributed by atoms with E-state index in [0.29, 0.717) is 23.3 Å². The van der Waals surface area contributed by atoms with Crippen molar-refractivity contribution in [1.82, 2.24) is 25.2 Å². The predicted molar refractivity (Wildman–Crippen MR) is 94.6 cm³/mol. The van der Waals surface area contributed by atoms with Gasteiger partial charge >= 0.3 is 0 Å². The van der Waals surface area contributed by atoms with Crippen LogP contribution in [0.1, 0.15) is 23.9 Å². The highest BCUT2D eigenvalue weighted by atomic mass is 16.1. The Labute approximate surface area is 142 Å². The van der Waals surface area contributed by atoms with Gasteiger partial charge in [-0.2, -0.15) is 5.10 Å². The molecule has 0 aliphatic carbocycles. The number of nitrogens with one attached hydrogen (secondary N) is 2. The number of H-pyrrole nitrogens is 1. The van der Waals surface area contributed by atoms with Crippen LogP contribution in [0.15, 0.2) is 64.5 Å². The largest absolute Gasteiger partial charge is 0.299 e. The minimum atomic E-state index is -0.161. The van der Waals surface area contributed by atoms with Gasteiger partial charge in [0, 0.05) is 11.8 Å². The molecule has 0 saturated heterocycles. The first-order valence-corrected chi connectivity index (χ1v) is 8.05. The summed E-state index contributed by atoms with van der Waals surface area (Å²) >= 11 is 0. The van der Waals surface area contributed by atoms with E-state index in [2.05, 4.69) is 25.8 Å². The van der Waals surface area contributed by atoms with Crippen LogP contribution in [0.25, 0.3) is 16.4 Å². The Morgan fingerprint density at radius 2 is 1.72 bits per heavy atom. The molecule has 1 aliphatic rings. The third kappa shape index (κ3) is 2.13. The number of aromatic amines is 1. The first-order chi connectivity index (χ1) is 12.3. The van der Waals surface area contributed by atoms with E-state index in [1.807, 2.05) is 48.5 Å². The van der Waals surface area contributed by atoms with Crippen molar-refractivity contribution in [3.63, 3.8) is 0 Å². The zero-order valence-corrected chi connectivity index (χ0v) is 13.2. The topological polar surface area (TPSA) is 87.4 Å². The molecule has 1 unspecified atom stereocenters. The molecule has 2 aromatic carbocycles. The Morgan fingerprint density at radius 3 is 2.56 bits per heavy atom. The highest BCUT2D eigenvalue weighted by Gasteiger charge is 2.26. The normalized spacial score (nSPS) is 17.0. The molecule has 0 saturated carbocycles. The van der Waals surface area contributed by atoms with Crippen molar-refractivity contribution in [3.8, 4) is 0 Å². The lowest BCUT2D eigenvalue weighted by Gasteiger charge is -2.08. The van der Waals surface area contributed by atoms with Crippen LogP contribution in [0.2, 0.25) is 0 Å². The quantitative estimate of drug-likeness (QED) is 0.588. The molecule has 25 heavy (non-hydrogen) atoms. The number of rotatable bonds is 2. The molecule has 2 N–H and O–H groups in total. The number of hydrogen-bond donors (Lipinski definition) is 2. The van der Waals surface area contributed by atoms with Crippen molar-refractivity contribution in [2.24, 2.45) is 5.10 Å². The minimum Gasteiger partial charge on any atom is -0.299 e. The molecule has 1 aliphatic heterocycles. The maximum absolute atomic E-state index is 12.4. The smallest absolute Gasteiger partial charge is 0.270 e. The van der Waals surface area contributed by atoms with Crippen molar-refractivity contribution >= 4 is 22.1 Å². The summed E-state index contributed by atoms with van der Waals surface area (Å²) in [6.07, 6.45) is 0.680. The van der Waals surface area contributed by atoms with Crippen LogP contribution >= 0.6 is 0 Å². The summed E-state index contributed by atoms with van der Waals surface area (Å²) < 4.78 is 1.66. The van der Waals surface area contributed by atoms with Gasteiger partial charge in [0.15, 0.2) is 11.5 Å². The van der Waals surface area contributed by atoms with Crippen molar-refractivity contribution in [2.75, 3.05) is 0 Å². The molecule has 7 nitrogen and oxygen atoms in total. The second kappa shape index (κ2) is 5.27. The minimum absolute atomic E-state index is 0.137. The molecule has 0 spiro atoms. The highest BCUT2D eigenvalue weighted by molar-refractivity contribution is 6.01. The number of hydrogen-bond acceptors (Lipinski definition) is 5. The molecule has 7 heteroatoms. The van der Waals surface area contributed by atoms with E-state index in [9.17, 15) is 4.79 Å². The molecule has 0 radical (unpaired) electrons. The van der Waals surface area contributed by atoms with Gasteiger partial charge in [-0.1, -0.05) is 48.5 Å². The van der Waals surface area contributed by atoms with Crippen LogP contribution in [-0.2, 0) is 0 Å². The zero-order chi connectivity index (χ0) is 16.8. The van der Waals surface area contributed by atoms with E-state index in [4.69, 9.17) is 0 Å².